The Morgan fingerprint density at radius 3 is 2.89 bits per heavy atom. The molecule has 112 valence electrons. The molecular weight excluding hydrogens is 236 g/mol. The molecule has 19 heavy (non-hydrogen) atoms. The Hall–Kier alpha value is -0.120. The molecule has 1 aliphatic heterocycles. The number of ether oxygens (including phenoxy) is 1. The molecule has 0 aromatic carbocycles. The molecule has 0 amide bonds. The van der Waals surface area contributed by atoms with Crippen molar-refractivity contribution in [1.82, 2.24) is 10.2 Å². The van der Waals surface area contributed by atoms with Crippen molar-refractivity contribution in [2.45, 2.75) is 58.1 Å². The van der Waals surface area contributed by atoms with E-state index in [1.807, 2.05) is 0 Å². The van der Waals surface area contributed by atoms with Gasteiger partial charge in [0.05, 0.1) is 6.10 Å². The van der Waals surface area contributed by atoms with Crippen molar-refractivity contribution in [3.05, 3.63) is 0 Å². The Bertz CT molecular complexity index is 259. The molecule has 0 aromatic rings. The largest absolute Gasteiger partial charge is 0.377 e. The van der Waals surface area contributed by atoms with Gasteiger partial charge in [0.15, 0.2) is 0 Å². The fourth-order valence-corrected chi connectivity index (χ4v) is 3.89. The van der Waals surface area contributed by atoms with Crippen LogP contribution in [0.5, 0.6) is 0 Å². The van der Waals surface area contributed by atoms with E-state index in [1.54, 1.807) is 0 Å². The Balaban J connectivity index is 1.89. The molecule has 3 heteroatoms. The molecule has 4 unspecified atom stereocenters. The van der Waals surface area contributed by atoms with Gasteiger partial charge >= 0.3 is 0 Å². The fourth-order valence-electron chi connectivity index (χ4n) is 3.89. The highest BCUT2D eigenvalue weighted by Crippen LogP contribution is 2.32. The summed E-state index contributed by atoms with van der Waals surface area (Å²) in [5.41, 5.74) is 0. The van der Waals surface area contributed by atoms with Gasteiger partial charge in [0.25, 0.3) is 0 Å². The maximum atomic E-state index is 5.76. The molecule has 2 aliphatic rings. The predicted octanol–water partition coefficient (Wildman–Crippen LogP) is 2.51. The summed E-state index contributed by atoms with van der Waals surface area (Å²) in [5, 5.41) is 3.56. The molecule has 1 N–H and O–H groups in total. The van der Waals surface area contributed by atoms with Gasteiger partial charge in [0, 0.05) is 32.3 Å². The topological polar surface area (TPSA) is 24.5 Å². The van der Waals surface area contributed by atoms with Crippen LogP contribution in [0.2, 0.25) is 0 Å². The third kappa shape index (κ3) is 4.44. The number of hydrogen-bond acceptors (Lipinski definition) is 3. The van der Waals surface area contributed by atoms with E-state index in [0.29, 0.717) is 6.10 Å². The molecule has 0 radical (unpaired) electrons. The highest BCUT2D eigenvalue weighted by molar-refractivity contribution is 4.86. The molecular formula is C16H32N2O. The molecule has 3 nitrogen and oxygen atoms in total. The SMILES string of the molecule is CCC1CCC(NC)C(CN2CCCOC(C)C2)C1. The maximum Gasteiger partial charge on any atom is 0.0673 e. The zero-order valence-electron chi connectivity index (χ0n) is 13.0. The van der Waals surface area contributed by atoms with E-state index in [0.717, 1.165) is 31.0 Å². The third-order valence-electron chi connectivity index (χ3n) is 5.07. The van der Waals surface area contributed by atoms with Gasteiger partial charge in [-0.2, -0.15) is 0 Å². The van der Waals surface area contributed by atoms with Crippen LogP contribution >= 0.6 is 0 Å². The minimum atomic E-state index is 0.404. The lowest BCUT2D eigenvalue weighted by Gasteiger charge is -2.38. The second-order valence-electron chi connectivity index (χ2n) is 6.54. The van der Waals surface area contributed by atoms with Gasteiger partial charge in [-0.25, -0.2) is 0 Å². The van der Waals surface area contributed by atoms with Crippen LogP contribution < -0.4 is 5.32 Å². The second kappa shape index (κ2) is 7.61. The summed E-state index contributed by atoms with van der Waals surface area (Å²) < 4.78 is 5.76. The quantitative estimate of drug-likeness (QED) is 0.848. The molecule has 1 aliphatic carbocycles. The van der Waals surface area contributed by atoms with Crippen molar-refractivity contribution in [3.63, 3.8) is 0 Å². The van der Waals surface area contributed by atoms with E-state index in [2.05, 4.69) is 31.1 Å². The Morgan fingerprint density at radius 1 is 1.32 bits per heavy atom. The minimum absolute atomic E-state index is 0.404. The Labute approximate surface area is 119 Å². The van der Waals surface area contributed by atoms with Crippen LogP contribution in [0, 0.1) is 11.8 Å². The summed E-state index contributed by atoms with van der Waals surface area (Å²) in [6, 6.07) is 0.724. The standard InChI is InChI=1S/C16H32N2O/c1-4-14-6-7-16(17-3)15(10-14)12-18-8-5-9-19-13(2)11-18/h13-17H,4-12H2,1-3H3. The number of nitrogens with zero attached hydrogens (tertiary/aromatic N) is 1. The predicted molar refractivity (Wildman–Crippen MR) is 80.4 cm³/mol. The molecule has 1 saturated heterocycles. The van der Waals surface area contributed by atoms with Gasteiger partial charge in [-0.15, -0.1) is 0 Å². The normalized spacial score (nSPS) is 38.1. The molecule has 0 spiro atoms. The molecule has 4 atom stereocenters. The van der Waals surface area contributed by atoms with Crippen LogP contribution in [-0.2, 0) is 4.74 Å². The van der Waals surface area contributed by atoms with Crippen molar-refractivity contribution in [2.75, 3.05) is 33.3 Å². The van der Waals surface area contributed by atoms with Crippen LogP contribution in [0.15, 0.2) is 0 Å². The van der Waals surface area contributed by atoms with Crippen LogP contribution in [0.4, 0.5) is 0 Å². The van der Waals surface area contributed by atoms with Gasteiger partial charge in [0.1, 0.15) is 0 Å². The van der Waals surface area contributed by atoms with Crippen molar-refractivity contribution >= 4 is 0 Å². The Morgan fingerprint density at radius 2 is 2.16 bits per heavy atom. The van der Waals surface area contributed by atoms with Crippen molar-refractivity contribution in [1.29, 1.82) is 0 Å². The average Bonchev–Trinajstić information content (AvgIpc) is 2.63. The smallest absolute Gasteiger partial charge is 0.0673 e. The zero-order valence-corrected chi connectivity index (χ0v) is 13.0. The number of nitrogens with one attached hydrogen (secondary N) is 1. The van der Waals surface area contributed by atoms with Crippen LogP contribution in [0.1, 0.15) is 46.0 Å². The lowest BCUT2D eigenvalue weighted by Crippen LogP contribution is -2.45. The highest BCUT2D eigenvalue weighted by atomic mass is 16.5. The van der Waals surface area contributed by atoms with Gasteiger partial charge in [0.2, 0.25) is 0 Å². The first-order valence-corrected chi connectivity index (χ1v) is 8.24. The van der Waals surface area contributed by atoms with E-state index in [1.165, 1.54) is 45.2 Å². The zero-order chi connectivity index (χ0) is 13.7. The molecule has 0 aromatic heterocycles. The van der Waals surface area contributed by atoms with Crippen molar-refractivity contribution < 1.29 is 4.74 Å². The van der Waals surface area contributed by atoms with Gasteiger partial charge < -0.3 is 15.0 Å². The van der Waals surface area contributed by atoms with Gasteiger partial charge in [-0.05, 0) is 51.5 Å². The Kier molecular flexibility index (Phi) is 6.11. The first-order chi connectivity index (χ1) is 9.22. The van der Waals surface area contributed by atoms with Crippen LogP contribution in [0.3, 0.4) is 0 Å². The van der Waals surface area contributed by atoms with E-state index >= 15 is 0 Å². The molecule has 0 bridgehead atoms. The van der Waals surface area contributed by atoms with Crippen LogP contribution in [-0.4, -0.2) is 50.3 Å². The van der Waals surface area contributed by atoms with Crippen LogP contribution in [0.25, 0.3) is 0 Å². The lowest BCUT2D eigenvalue weighted by atomic mass is 9.76. The summed E-state index contributed by atoms with van der Waals surface area (Å²) in [5.74, 6) is 1.78. The fraction of sp³-hybridized carbons (Fsp3) is 1.00. The van der Waals surface area contributed by atoms with Gasteiger partial charge in [-0.1, -0.05) is 13.3 Å². The molecule has 2 fully saturated rings. The van der Waals surface area contributed by atoms with E-state index in [-0.39, 0.29) is 0 Å². The summed E-state index contributed by atoms with van der Waals surface area (Å²) in [6.45, 7) is 9.09. The number of hydrogen-bond donors (Lipinski definition) is 1. The third-order valence-corrected chi connectivity index (χ3v) is 5.07. The van der Waals surface area contributed by atoms with Crippen molar-refractivity contribution in [2.24, 2.45) is 11.8 Å². The highest BCUT2D eigenvalue weighted by Gasteiger charge is 2.30. The second-order valence-corrected chi connectivity index (χ2v) is 6.54. The summed E-state index contributed by atoms with van der Waals surface area (Å²) >= 11 is 0. The van der Waals surface area contributed by atoms with Gasteiger partial charge in [-0.3, -0.25) is 0 Å². The van der Waals surface area contributed by atoms with Crippen molar-refractivity contribution in [3.8, 4) is 0 Å². The summed E-state index contributed by atoms with van der Waals surface area (Å²) in [4.78, 5) is 2.64. The molecule has 1 saturated carbocycles. The summed E-state index contributed by atoms with van der Waals surface area (Å²) in [7, 11) is 2.14. The van der Waals surface area contributed by atoms with E-state index in [9.17, 15) is 0 Å². The molecule has 1 heterocycles. The maximum absolute atomic E-state index is 5.76. The monoisotopic (exact) mass is 268 g/mol. The molecule has 2 rings (SSSR count). The van der Waals surface area contributed by atoms with E-state index in [4.69, 9.17) is 4.74 Å². The average molecular weight is 268 g/mol. The van der Waals surface area contributed by atoms with E-state index < -0.39 is 0 Å². The number of rotatable bonds is 4. The lowest BCUT2D eigenvalue weighted by molar-refractivity contribution is 0.0609. The first-order valence-electron chi connectivity index (χ1n) is 8.24. The minimum Gasteiger partial charge on any atom is -0.377 e. The first kappa shape index (κ1) is 15.3. The summed E-state index contributed by atoms with van der Waals surface area (Å²) in [6.07, 6.45) is 7.14.